The van der Waals surface area contributed by atoms with Crippen LogP contribution >= 0.6 is 11.6 Å². The number of carbonyl (C=O) groups is 1. The fraction of sp³-hybridized carbons (Fsp3) is 0.0714. The molecule has 6 nitrogen and oxygen atoms in total. The molecule has 0 spiro atoms. The van der Waals surface area contributed by atoms with Gasteiger partial charge in [0.1, 0.15) is 5.49 Å². The number of pyridine rings is 1. The Hall–Kier alpha value is -2.78. The van der Waals surface area contributed by atoms with E-state index in [1.54, 1.807) is 18.2 Å². The average molecular weight is 302 g/mol. The van der Waals surface area contributed by atoms with Gasteiger partial charge in [-0.05, 0) is 23.8 Å². The van der Waals surface area contributed by atoms with Gasteiger partial charge in [-0.2, -0.15) is 5.26 Å². The third-order valence-electron chi connectivity index (χ3n) is 2.96. The molecule has 0 unspecified atom stereocenters. The highest BCUT2D eigenvalue weighted by Crippen LogP contribution is 2.15. The molecule has 0 aliphatic carbocycles. The number of nitrogen functional groups attached to an aromatic ring is 1. The van der Waals surface area contributed by atoms with Gasteiger partial charge in [-0.15, -0.1) is 0 Å². The topological polar surface area (TPSA) is 122 Å². The van der Waals surface area contributed by atoms with Crippen molar-refractivity contribution in [1.29, 1.82) is 10.7 Å². The summed E-state index contributed by atoms with van der Waals surface area (Å²) < 4.78 is 1.45. The maximum Gasteiger partial charge on any atom is 0.252 e. The van der Waals surface area contributed by atoms with Crippen molar-refractivity contribution in [1.82, 2.24) is 4.57 Å². The van der Waals surface area contributed by atoms with Crippen molar-refractivity contribution in [2.75, 3.05) is 5.73 Å². The molecule has 2 aromatic rings. The van der Waals surface area contributed by atoms with E-state index in [1.807, 2.05) is 6.07 Å². The molecule has 0 aliphatic rings. The van der Waals surface area contributed by atoms with Gasteiger partial charge in [0.25, 0.3) is 5.91 Å². The van der Waals surface area contributed by atoms with Crippen molar-refractivity contribution < 1.29 is 4.79 Å². The van der Waals surface area contributed by atoms with Gasteiger partial charge in [0.05, 0.1) is 28.8 Å². The first-order chi connectivity index (χ1) is 9.92. The number of nitrogens with one attached hydrogen (secondary N) is 1. The first-order valence-corrected chi connectivity index (χ1v) is 6.33. The summed E-state index contributed by atoms with van der Waals surface area (Å²) in [6, 6.07) is 8.31. The van der Waals surface area contributed by atoms with Crippen LogP contribution in [0.15, 0.2) is 30.5 Å². The Labute approximate surface area is 125 Å². The summed E-state index contributed by atoms with van der Waals surface area (Å²) in [4.78, 5) is 11.3. The van der Waals surface area contributed by atoms with E-state index in [0.717, 1.165) is 0 Å². The van der Waals surface area contributed by atoms with Crippen LogP contribution in [-0.4, -0.2) is 10.5 Å². The van der Waals surface area contributed by atoms with E-state index in [0.29, 0.717) is 16.8 Å². The van der Waals surface area contributed by atoms with Gasteiger partial charge < -0.3 is 16.0 Å². The lowest BCUT2D eigenvalue weighted by atomic mass is 10.1. The first kappa shape index (κ1) is 14.6. The number of benzene rings is 1. The van der Waals surface area contributed by atoms with Crippen molar-refractivity contribution in [2.45, 2.75) is 6.54 Å². The molecule has 5 N–H and O–H groups in total. The number of amides is 1. The SMILES string of the molecule is N#Cc1cc(N)ccc1Cn1cc(Cl)cc(C(N)=O)c1=N. The molecule has 0 aliphatic heterocycles. The molecule has 0 saturated heterocycles. The van der Waals surface area contributed by atoms with Crippen molar-refractivity contribution in [3.8, 4) is 6.07 Å². The number of rotatable bonds is 3. The zero-order chi connectivity index (χ0) is 15.6. The molecule has 1 aromatic heterocycles. The molecule has 0 radical (unpaired) electrons. The molecule has 1 amide bonds. The highest BCUT2D eigenvalue weighted by molar-refractivity contribution is 6.30. The van der Waals surface area contributed by atoms with Crippen LogP contribution in [0.1, 0.15) is 21.5 Å². The lowest BCUT2D eigenvalue weighted by Gasteiger charge is -2.11. The van der Waals surface area contributed by atoms with Gasteiger partial charge in [-0.3, -0.25) is 10.2 Å². The summed E-state index contributed by atoms with van der Waals surface area (Å²) in [5.74, 6) is -0.728. The molecule has 1 heterocycles. The fourth-order valence-corrected chi connectivity index (χ4v) is 2.17. The Balaban J connectivity index is 2.53. The number of nitriles is 1. The monoisotopic (exact) mass is 301 g/mol. The summed E-state index contributed by atoms with van der Waals surface area (Å²) in [6.07, 6.45) is 1.51. The number of carbonyl (C=O) groups excluding carboxylic acids is 1. The maximum absolute atomic E-state index is 11.3. The number of nitrogens with zero attached hydrogens (tertiary/aromatic N) is 2. The van der Waals surface area contributed by atoms with Crippen LogP contribution in [0, 0.1) is 16.7 Å². The number of halogens is 1. The number of primary amides is 1. The van der Waals surface area contributed by atoms with Crippen LogP contribution < -0.4 is 17.0 Å². The van der Waals surface area contributed by atoms with Crippen LogP contribution in [-0.2, 0) is 6.54 Å². The Morgan fingerprint density at radius 1 is 1.43 bits per heavy atom. The lowest BCUT2D eigenvalue weighted by Crippen LogP contribution is -2.30. The van der Waals surface area contributed by atoms with Crippen LogP contribution in [0.5, 0.6) is 0 Å². The molecule has 1 aromatic carbocycles. The average Bonchev–Trinajstić information content (AvgIpc) is 2.43. The Bertz CT molecular complexity index is 819. The number of nitrogens with two attached hydrogens (primary N) is 2. The molecule has 0 saturated carbocycles. The second-order valence-corrected chi connectivity index (χ2v) is 4.88. The number of hydrogen-bond acceptors (Lipinski definition) is 4. The Morgan fingerprint density at radius 3 is 2.76 bits per heavy atom. The summed E-state index contributed by atoms with van der Waals surface area (Å²) >= 11 is 5.93. The highest BCUT2D eigenvalue weighted by atomic mass is 35.5. The van der Waals surface area contributed by atoms with E-state index < -0.39 is 5.91 Å². The smallest absolute Gasteiger partial charge is 0.252 e. The third kappa shape index (κ3) is 3.04. The van der Waals surface area contributed by atoms with Crippen molar-refractivity contribution >= 4 is 23.2 Å². The second-order valence-electron chi connectivity index (χ2n) is 4.44. The van der Waals surface area contributed by atoms with Gasteiger partial charge in [-0.1, -0.05) is 17.7 Å². The van der Waals surface area contributed by atoms with Gasteiger partial charge in [0, 0.05) is 11.9 Å². The quantitative estimate of drug-likeness (QED) is 0.739. The summed E-state index contributed by atoms with van der Waals surface area (Å²) in [5, 5.41) is 17.4. The minimum atomic E-state index is -0.728. The maximum atomic E-state index is 11.3. The van der Waals surface area contributed by atoms with Crippen LogP contribution in [0.4, 0.5) is 5.69 Å². The standard InChI is InChI=1S/C14H12ClN5O/c15-10-4-12(14(19)21)13(18)20(7-10)6-8-1-2-11(17)3-9(8)5-16/h1-4,7,18H,6,17H2,(H2,19,21). The predicted molar refractivity (Wildman–Crippen MR) is 78.5 cm³/mol. The first-order valence-electron chi connectivity index (χ1n) is 5.95. The molecule has 0 atom stereocenters. The highest BCUT2D eigenvalue weighted by Gasteiger charge is 2.10. The van der Waals surface area contributed by atoms with E-state index in [-0.39, 0.29) is 22.6 Å². The summed E-state index contributed by atoms with van der Waals surface area (Å²) in [6.45, 7) is 0.211. The van der Waals surface area contributed by atoms with E-state index >= 15 is 0 Å². The van der Waals surface area contributed by atoms with Gasteiger partial charge in [0.15, 0.2) is 0 Å². The van der Waals surface area contributed by atoms with Crippen molar-refractivity contribution in [2.24, 2.45) is 5.73 Å². The third-order valence-corrected chi connectivity index (χ3v) is 3.17. The number of hydrogen-bond donors (Lipinski definition) is 3. The Kier molecular flexibility index (Phi) is 3.96. The molecule has 7 heteroatoms. The zero-order valence-corrected chi connectivity index (χ0v) is 11.7. The molecule has 0 fully saturated rings. The van der Waals surface area contributed by atoms with E-state index in [2.05, 4.69) is 0 Å². The molecule has 0 bridgehead atoms. The number of anilines is 1. The normalized spacial score (nSPS) is 10.1. The van der Waals surface area contributed by atoms with Gasteiger partial charge in [-0.25, -0.2) is 0 Å². The molecule has 21 heavy (non-hydrogen) atoms. The van der Waals surface area contributed by atoms with Crippen LogP contribution in [0.2, 0.25) is 5.02 Å². The van der Waals surface area contributed by atoms with Crippen molar-refractivity contribution in [3.63, 3.8) is 0 Å². The summed E-state index contributed by atoms with van der Waals surface area (Å²) in [5.41, 5.74) is 12.4. The second kappa shape index (κ2) is 5.69. The lowest BCUT2D eigenvalue weighted by molar-refractivity contribution is 0.0998. The van der Waals surface area contributed by atoms with E-state index in [9.17, 15) is 4.79 Å². The Morgan fingerprint density at radius 2 is 2.14 bits per heavy atom. The minimum Gasteiger partial charge on any atom is -0.399 e. The molecular weight excluding hydrogens is 290 g/mol. The fourth-order valence-electron chi connectivity index (χ4n) is 1.94. The minimum absolute atomic E-state index is 0.0245. The van der Waals surface area contributed by atoms with Crippen LogP contribution in [0.3, 0.4) is 0 Å². The van der Waals surface area contributed by atoms with Gasteiger partial charge in [0.2, 0.25) is 0 Å². The van der Waals surface area contributed by atoms with Gasteiger partial charge >= 0.3 is 0 Å². The predicted octanol–water partition coefficient (Wildman–Crippen LogP) is 1.22. The largest absolute Gasteiger partial charge is 0.399 e. The zero-order valence-electron chi connectivity index (χ0n) is 10.9. The summed E-state index contributed by atoms with van der Waals surface area (Å²) in [7, 11) is 0. The van der Waals surface area contributed by atoms with Crippen molar-refractivity contribution in [3.05, 3.63) is 57.7 Å². The number of aromatic nitrogens is 1. The molecule has 2 rings (SSSR count). The van der Waals surface area contributed by atoms with Crippen LogP contribution in [0.25, 0.3) is 0 Å². The van der Waals surface area contributed by atoms with E-state index in [1.165, 1.54) is 16.8 Å². The van der Waals surface area contributed by atoms with E-state index in [4.69, 9.17) is 33.7 Å². The molecule has 106 valence electrons. The molecular formula is C14H12ClN5O.